The zero-order valence-electron chi connectivity index (χ0n) is 9.27. The molecule has 0 aromatic rings. The molecule has 0 bridgehead atoms. The van der Waals surface area contributed by atoms with Gasteiger partial charge in [-0.3, -0.25) is 4.79 Å². The lowest BCUT2D eigenvalue weighted by Gasteiger charge is -2.24. The van der Waals surface area contributed by atoms with Crippen LogP contribution in [0, 0.1) is 0 Å². The van der Waals surface area contributed by atoms with Gasteiger partial charge < -0.3 is 14.7 Å². The number of likely N-dealkylation sites (N-methyl/N-ethyl adjacent to an activating group) is 1. The summed E-state index contributed by atoms with van der Waals surface area (Å²) in [5.74, 6) is -1.24. The molecule has 86 valence electrons. The van der Waals surface area contributed by atoms with E-state index in [1.54, 1.807) is 0 Å². The Bertz CT molecular complexity index is 266. The number of ether oxygens (including phenoxy) is 1. The van der Waals surface area contributed by atoms with Crippen molar-refractivity contribution < 1.29 is 19.4 Å². The van der Waals surface area contributed by atoms with Crippen molar-refractivity contribution in [3.8, 4) is 0 Å². The van der Waals surface area contributed by atoms with Gasteiger partial charge in [0, 0.05) is 7.05 Å². The van der Waals surface area contributed by atoms with E-state index in [-0.39, 0.29) is 12.0 Å². The van der Waals surface area contributed by atoms with Crippen molar-refractivity contribution in [2.75, 3.05) is 7.05 Å². The standard InChI is InChI=1S/C10H17NO4/c1-6-4-5-8(15-6)9(12)11(3)7(2)10(13)14/h6-8H,4-5H2,1-3H3,(H,13,14). The summed E-state index contributed by atoms with van der Waals surface area (Å²) in [6, 6.07) is -0.808. The number of amides is 1. The van der Waals surface area contributed by atoms with E-state index < -0.39 is 18.1 Å². The lowest BCUT2D eigenvalue weighted by atomic mass is 10.1. The minimum Gasteiger partial charge on any atom is -0.480 e. The van der Waals surface area contributed by atoms with Crippen molar-refractivity contribution in [3.05, 3.63) is 0 Å². The normalized spacial score (nSPS) is 27.4. The maximum absolute atomic E-state index is 11.8. The number of hydrogen-bond acceptors (Lipinski definition) is 3. The van der Waals surface area contributed by atoms with Crippen LogP contribution in [-0.2, 0) is 14.3 Å². The first-order valence-electron chi connectivity index (χ1n) is 5.08. The molecule has 1 aliphatic rings. The molecule has 1 saturated heterocycles. The van der Waals surface area contributed by atoms with Gasteiger partial charge >= 0.3 is 5.97 Å². The fourth-order valence-corrected chi connectivity index (χ4v) is 1.57. The Hall–Kier alpha value is -1.10. The fourth-order valence-electron chi connectivity index (χ4n) is 1.57. The van der Waals surface area contributed by atoms with Gasteiger partial charge in [-0.05, 0) is 26.7 Å². The maximum Gasteiger partial charge on any atom is 0.326 e. The largest absolute Gasteiger partial charge is 0.480 e. The number of hydrogen-bond donors (Lipinski definition) is 1. The topological polar surface area (TPSA) is 66.8 Å². The highest BCUT2D eigenvalue weighted by atomic mass is 16.5. The first-order valence-corrected chi connectivity index (χ1v) is 5.08. The Morgan fingerprint density at radius 3 is 2.47 bits per heavy atom. The molecule has 1 rings (SSSR count). The summed E-state index contributed by atoms with van der Waals surface area (Å²) in [6.45, 7) is 3.40. The third-order valence-corrected chi connectivity index (χ3v) is 2.79. The first-order chi connectivity index (χ1) is 6.93. The van der Waals surface area contributed by atoms with Crippen molar-refractivity contribution in [3.63, 3.8) is 0 Å². The van der Waals surface area contributed by atoms with Crippen molar-refractivity contribution in [2.45, 2.75) is 44.9 Å². The molecule has 0 radical (unpaired) electrons. The predicted molar refractivity (Wildman–Crippen MR) is 53.4 cm³/mol. The number of rotatable bonds is 3. The summed E-state index contributed by atoms with van der Waals surface area (Å²) >= 11 is 0. The molecule has 0 aliphatic carbocycles. The third kappa shape index (κ3) is 2.68. The fraction of sp³-hybridized carbons (Fsp3) is 0.800. The minimum absolute atomic E-state index is 0.0903. The van der Waals surface area contributed by atoms with Gasteiger partial charge in [-0.15, -0.1) is 0 Å². The molecule has 1 N–H and O–H groups in total. The first kappa shape index (κ1) is 12.0. The van der Waals surface area contributed by atoms with Gasteiger partial charge in [0.2, 0.25) is 0 Å². The van der Waals surface area contributed by atoms with E-state index in [1.807, 2.05) is 6.92 Å². The van der Waals surface area contributed by atoms with Crippen LogP contribution in [0.15, 0.2) is 0 Å². The number of carboxylic acid groups (broad SMARTS) is 1. The number of carbonyl (C=O) groups is 2. The number of carboxylic acids is 1. The molecule has 5 nitrogen and oxygen atoms in total. The summed E-state index contributed by atoms with van der Waals surface area (Å²) in [5.41, 5.74) is 0. The molecular weight excluding hydrogens is 198 g/mol. The molecule has 0 spiro atoms. The van der Waals surface area contributed by atoms with Crippen LogP contribution in [-0.4, -0.2) is 47.2 Å². The van der Waals surface area contributed by atoms with Gasteiger partial charge in [-0.25, -0.2) is 4.79 Å². The Morgan fingerprint density at radius 2 is 2.07 bits per heavy atom. The molecule has 0 aromatic heterocycles. The second kappa shape index (κ2) is 4.61. The zero-order valence-corrected chi connectivity index (χ0v) is 9.27. The van der Waals surface area contributed by atoms with Crippen LogP contribution in [0.25, 0.3) is 0 Å². The molecular formula is C10H17NO4. The maximum atomic E-state index is 11.8. The van der Waals surface area contributed by atoms with Gasteiger partial charge in [0.15, 0.2) is 0 Å². The zero-order chi connectivity index (χ0) is 11.6. The van der Waals surface area contributed by atoms with Crippen LogP contribution in [0.4, 0.5) is 0 Å². The Kier molecular flexibility index (Phi) is 3.68. The average molecular weight is 215 g/mol. The van der Waals surface area contributed by atoms with Crippen LogP contribution in [0.2, 0.25) is 0 Å². The molecule has 1 fully saturated rings. The number of aliphatic carboxylic acids is 1. The van der Waals surface area contributed by atoms with Gasteiger partial charge in [0.1, 0.15) is 12.1 Å². The van der Waals surface area contributed by atoms with Crippen LogP contribution >= 0.6 is 0 Å². The molecule has 0 aromatic carbocycles. The van der Waals surface area contributed by atoms with Crippen molar-refractivity contribution in [1.29, 1.82) is 0 Å². The van der Waals surface area contributed by atoms with Crippen molar-refractivity contribution >= 4 is 11.9 Å². The van der Waals surface area contributed by atoms with Crippen LogP contribution < -0.4 is 0 Å². The van der Waals surface area contributed by atoms with Gasteiger partial charge in [0.05, 0.1) is 6.10 Å². The second-order valence-electron chi connectivity index (χ2n) is 3.98. The minimum atomic E-state index is -1.00. The van der Waals surface area contributed by atoms with E-state index in [0.717, 1.165) is 6.42 Å². The van der Waals surface area contributed by atoms with E-state index in [4.69, 9.17) is 9.84 Å². The Balaban J connectivity index is 2.56. The number of nitrogens with zero attached hydrogens (tertiary/aromatic N) is 1. The van der Waals surface area contributed by atoms with E-state index in [2.05, 4.69) is 0 Å². The molecule has 0 saturated carbocycles. The summed E-state index contributed by atoms with van der Waals surface area (Å²) in [4.78, 5) is 23.7. The lowest BCUT2D eigenvalue weighted by Crippen LogP contribution is -2.45. The molecule has 15 heavy (non-hydrogen) atoms. The molecule has 3 atom stereocenters. The predicted octanol–water partition coefficient (Wildman–Crippen LogP) is 0.485. The van der Waals surface area contributed by atoms with Crippen molar-refractivity contribution in [2.24, 2.45) is 0 Å². The Labute approximate surface area is 89.0 Å². The monoisotopic (exact) mass is 215 g/mol. The SMILES string of the molecule is CC1CCC(C(=O)N(C)C(C)C(=O)O)O1. The summed E-state index contributed by atoms with van der Waals surface area (Å²) in [5, 5.41) is 8.76. The smallest absolute Gasteiger partial charge is 0.326 e. The van der Waals surface area contributed by atoms with E-state index in [0.29, 0.717) is 6.42 Å². The lowest BCUT2D eigenvalue weighted by molar-refractivity contribution is -0.153. The van der Waals surface area contributed by atoms with Crippen LogP contribution in [0.5, 0.6) is 0 Å². The molecule has 3 unspecified atom stereocenters. The molecule has 5 heteroatoms. The van der Waals surface area contributed by atoms with Crippen LogP contribution in [0.3, 0.4) is 0 Å². The van der Waals surface area contributed by atoms with E-state index >= 15 is 0 Å². The quantitative estimate of drug-likeness (QED) is 0.743. The molecule has 1 aliphatic heterocycles. The highest BCUT2D eigenvalue weighted by molar-refractivity contribution is 5.86. The molecule has 1 amide bonds. The van der Waals surface area contributed by atoms with Crippen molar-refractivity contribution in [1.82, 2.24) is 4.90 Å². The Morgan fingerprint density at radius 1 is 1.47 bits per heavy atom. The highest BCUT2D eigenvalue weighted by Crippen LogP contribution is 2.21. The third-order valence-electron chi connectivity index (χ3n) is 2.79. The summed E-state index contributed by atoms with van der Waals surface area (Å²) < 4.78 is 5.39. The van der Waals surface area contributed by atoms with E-state index in [1.165, 1.54) is 18.9 Å². The van der Waals surface area contributed by atoms with Gasteiger partial charge in [-0.1, -0.05) is 0 Å². The van der Waals surface area contributed by atoms with E-state index in [9.17, 15) is 9.59 Å². The van der Waals surface area contributed by atoms with Gasteiger partial charge in [-0.2, -0.15) is 0 Å². The number of carbonyl (C=O) groups excluding carboxylic acids is 1. The summed E-state index contributed by atoms with van der Waals surface area (Å²) in [6.07, 6.45) is 1.15. The average Bonchev–Trinajstić information content (AvgIpc) is 2.61. The van der Waals surface area contributed by atoms with Gasteiger partial charge in [0.25, 0.3) is 5.91 Å². The van der Waals surface area contributed by atoms with Crippen LogP contribution in [0.1, 0.15) is 26.7 Å². The summed E-state index contributed by atoms with van der Waals surface area (Å²) in [7, 11) is 1.49. The molecule has 1 heterocycles. The second-order valence-corrected chi connectivity index (χ2v) is 3.98. The highest BCUT2D eigenvalue weighted by Gasteiger charge is 2.33.